The predicted octanol–water partition coefficient (Wildman–Crippen LogP) is 4.69. The van der Waals surface area contributed by atoms with Gasteiger partial charge in [-0.05, 0) is 68.3 Å². The van der Waals surface area contributed by atoms with Crippen LogP contribution in [0.3, 0.4) is 0 Å². The number of rotatable bonds is 8. The molecule has 0 saturated carbocycles. The monoisotopic (exact) mass is 484 g/mol. The quantitative estimate of drug-likeness (QED) is 0.481. The Balaban J connectivity index is 1.80. The molecular weight excluding hydrogens is 456 g/mol. The molecule has 180 valence electrons. The fraction of sp³-hybridized carbons (Fsp3) is 0.240. The molecule has 0 spiro atoms. The van der Waals surface area contributed by atoms with Gasteiger partial charge in [0.15, 0.2) is 11.5 Å². The Kier molecular flexibility index (Phi) is 7.36. The summed E-state index contributed by atoms with van der Waals surface area (Å²) >= 11 is 0. The Bertz CT molecular complexity index is 1270. The Morgan fingerprint density at radius 3 is 1.79 bits per heavy atom. The van der Waals surface area contributed by atoms with Crippen molar-refractivity contribution in [3.05, 3.63) is 70.8 Å². The summed E-state index contributed by atoms with van der Waals surface area (Å²) in [4.78, 5) is 12.9. The van der Waals surface area contributed by atoms with Crippen molar-refractivity contribution in [2.45, 2.75) is 25.7 Å². The summed E-state index contributed by atoms with van der Waals surface area (Å²) in [5, 5.41) is 2.75. The Labute approximate surface area is 199 Å². The molecule has 0 heterocycles. The number of hydrogen-bond donors (Lipinski definition) is 2. The van der Waals surface area contributed by atoms with Gasteiger partial charge >= 0.3 is 0 Å². The highest BCUT2D eigenvalue weighted by Crippen LogP contribution is 2.38. The molecule has 8 nitrogen and oxygen atoms in total. The minimum Gasteiger partial charge on any atom is -0.493 e. The van der Waals surface area contributed by atoms with Crippen LogP contribution in [0.5, 0.6) is 17.2 Å². The first-order valence-corrected chi connectivity index (χ1v) is 11.9. The number of carbonyl (C=O) groups is 1. The molecule has 0 unspecified atom stereocenters. The predicted molar refractivity (Wildman–Crippen MR) is 132 cm³/mol. The zero-order valence-corrected chi connectivity index (χ0v) is 20.8. The van der Waals surface area contributed by atoms with Crippen molar-refractivity contribution in [3.63, 3.8) is 0 Å². The number of carbonyl (C=O) groups excluding carboxylic acids is 1. The zero-order valence-electron chi connectivity index (χ0n) is 20.0. The molecule has 0 atom stereocenters. The summed E-state index contributed by atoms with van der Waals surface area (Å²) < 4.78 is 44.3. The van der Waals surface area contributed by atoms with Crippen molar-refractivity contribution in [2.24, 2.45) is 0 Å². The molecule has 3 rings (SSSR count). The normalized spacial score (nSPS) is 11.0. The second-order valence-corrected chi connectivity index (χ2v) is 9.45. The van der Waals surface area contributed by atoms with Crippen LogP contribution in [0.1, 0.15) is 27.0 Å². The van der Waals surface area contributed by atoms with Crippen LogP contribution in [0.25, 0.3) is 0 Å². The van der Waals surface area contributed by atoms with E-state index in [-0.39, 0.29) is 10.5 Å². The van der Waals surface area contributed by atoms with Crippen molar-refractivity contribution in [3.8, 4) is 17.2 Å². The van der Waals surface area contributed by atoms with Crippen LogP contribution in [-0.2, 0) is 10.0 Å². The van der Waals surface area contributed by atoms with E-state index in [9.17, 15) is 13.2 Å². The van der Waals surface area contributed by atoms with Gasteiger partial charge in [-0.25, -0.2) is 8.42 Å². The second-order valence-electron chi connectivity index (χ2n) is 7.77. The summed E-state index contributed by atoms with van der Waals surface area (Å²) in [5.74, 6) is 0.656. The van der Waals surface area contributed by atoms with Crippen LogP contribution < -0.4 is 24.2 Å². The summed E-state index contributed by atoms with van der Waals surface area (Å²) in [6, 6.07) is 12.8. The number of hydrogen-bond acceptors (Lipinski definition) is 6. The van der Waals surface area contributed by atoms with Gasteiger partial charge in [-0.1, -0.05) is 17.7 Å². The zero-order chi connectivity index (χ0) is 25.0. The lowest BCUT2D eigenvalue weighted by molar-refractivity contribution is 0.102. The van der Waals surface area contributed by atoms with E-state index in [1.54, 1.807) is 0 Å². The van der Waals surface area contributed by atoms with E-state index >= 15 is 0 Å². The third-order valence-corrected chi connectivity index (χ3v) is 6.63. The van der Waals surface area contributed by atoms with Crippen LogP contribution in [0.4, 0.5) is 11.4 Å². The number of nitrogens with one attached hydrogen (secondary N) is 2. The van der Waals surface area contributed by atoms with Crippen molar-refractivity contribution < 1.29 is 27.4 Å². The molecule has 0 saturated heterocycles. The summed E-state index contributed by atoms with van der Waals surface area (Å²) in [6.45, 7) is 5.68. The first-order chi connectivity index (χ1) is 16.1. The van der Waals surface area contributed by atoms with Crippen molar-refractivity contribution in [1.29, 1.82) is 0 Å². The van der Waals surface area contributed by atoms with E-state index in [0.29, 0.717) is 28.6 Å². The molecule has 0 aliphatic carbocycles. The average molecular weight is 485 g/mol. The molecule has 1 amide bonds. The van der Waals surface area contributed by atoms with Crippen LogP contribution in [0.2, 0.25) is 0 Å². The molecule has 3 aromatic carbocycles. The maximum absolute atomic E-state index is 12.9. The van der Waals surface area contributed by atoms with Crippen LogP contribution >= 0.6 is 0 Å². The van der Waals surface area contributed by atoms with E-state index in [1.165, 1.54) is 57.7 Å². The van der Waals surface area contributed by atoms with Gasteiger partial charge in [0.1, 0.15) is 0 Å². The molecule has 0 radical (unpaired) electrons. The van der Waals surface area contributed by atoms with E-state index < -0.39 is 15.9 Å². The number of ether oxygens (including phenoxy) is 3. The Hall–Kier alpha value is -3.72. The number of sulfonamides is 1. The van der Waals surface area contributed by atoms with Gasteiger partial charge in [0.2, 0.25) is 5.75 Å². The SMILES string of the molecule is COc1cc(C(=O)Nc2ccc(S(=O)(=O)Nc3c(C)cc(C)cc3C)cc2)cc(OC)c1OC. The highest BCUT2D eigenvalue weighted by molar-refractivity contribution is 7.92. The number of benzene rings is 3. The first kappa shape index (κ1) is 24.9. The Morgan fingerprint density at radius 1 is 0.794 bits per heavy atom. The molecule has 9 heteroatoms. The number of aryl methyl sites for hydroxylation is 3. The molecule has 0 aliphatic heterocycles. The minimum absolute atomic E-state index is 0.0812. The van der Waals surface area contributed by atoms with Gasteiger partial charge in [-0.3, -0.25) is 9.52 Å². The van der Waals surface area contributed by atoms with Crippen molar-refractivity contribution >= 4 is 27.3 Å². The maximum Gasteiger partial charge on any atom is 0.261 e. The third kappa shape index (κ3) is 5.26. The lowest BCUT2D eigenvalue weighted by atomic mass is 10.1. The topological polar surface area (TPSA) is 103 Å². The lowest BCUT2D eigenvalue weighted by Gasteiger charge is -2.15. The lowest BCUT2D eigenvalue weighted by Crippen LogP contribution is -2.15. The van der Waals surface area contributed by atoms with Crippen LogP contribution in [-0.4, -0.2) is 35.7 Å². The fourth-order valence-electron chi connectivity index (χ4n) is 3.67. The average Bonchev–Trinajstić information content (AvgIpc) is 2.80. The van der Waals surface area contributed by atoms with Crippen molar-refractivity contribution in [2.75, 3.05) is 31.4 Å². The smallest absolute Gasteiger partial charge is 0.261 e. The maximum atomic E-state index is 12.9. The van der Waals surface area contributed by atoms with Gasteiger partial charge in [0, 0.05) is 11.3 Å². The van der Waals surface area contributed by atoms with E-state index in [4.69, 9.17) is 14.2 Å². The number of anilines is 2. The van der Waals surface area contributed by atoms with Gasteiger partial charge in [-0.15, -0.1) is 0 Å². The first-order valence-electron chi connectivity index (χ1n) is 10.4. The fourth-order valence-corrected chi connectivity index (χ4v) is 4.87. The Morgan fingerprint density at radius 2 is 1.32 bits per heavy atom. The second kappa shape index (κ2) is 10.0. The van der Waals surface area contributed by atoms with Crippen LogP contribution in [0, 0.1) is 20.8 Å². The van der Waals surface area contributed by atoms with Crippen LogP contribution in [0.15, 0.2) is 53.4 Å². The summed E-state index contributed by atoms with van der Waals surface area (Å²) in [7, 11) is 0.602. The molecule has 0 aromatic heterocycles. The van der Waals surface area contributed by atoms with E-state index in [2.05, 4.69) is 10.0 Å². The molecule has 3 aromatic rings. The number of amides is 1. The standard InChI is InChI=1S/C25H28N2O6S/c1-15-11-16(2)23(17(3)12-15)27-34(29,30)20-9-7-19(8-10-20)26-25(28)18-13-21(31-4)24(33-6)22(14-18)32-5/h7-14,27H,1-6H3,(H,26,28). The molecule has 2 N–H and O–H groups in total. The summed E-state index contributed by atoms with van der Waals surface area (Å²) in [6.07, 6.45) is 0. The summed E-state index contributed by atoms with van der Waals surface area (Å²) in [5.41, 5.74) is 4.03. The third-order valence-electron chi connectivity index (χ3n) is 5.26. The molecule has 0 aliphatic rings. The highest BCUT2D eigenvalue weighted by atomic mass is 32.2. The largest absolute Gasteiger partial charge is 0.493 e. The van der Waals surface area contributed by atoms with E-state index in [1.807, 2.05) is 32.9 Å². The highest BCUT2D eigenvalue weighted by Gasteiger charge is 2.19. The molecule has 0 bridgehead atoms. The van der Waals surface area contributed by atoms with Gasteiger partial charge in [0.25, 0.3) is 15.9 Å². The minimum atomic E-state index is -3.80. The van der Waals surface area contributed by atoms with Gasteiger partial charge in [0.05, 0.1) is 31.9 Å². The molecular formula is C25H28N2O6S. The van der Waals surface area contributed by atoms with E-state index in [0.717, 1.165) is 16.7 Å². The van der Waals surface area contributed by atoms with Gasteiger partial charge < -0.3 is 19.5 Å². The molecule has 0 fully saturated rings. The van der Waals surface area contributed by atoms with Crippen molar-refractivity contribution in [1.82, 2.24) is 0 Å². The number of methoxy groups -OCH3 is 3. The van der Waals surface area contributed by atoms with Gasteiger partial charge in [-0.2, -0.15) is 0 Å². The molecule has 34 heavy (non-hydrogen) atoms.